The van der Waals surface area contributed by atoms with Crippen molar-refractivity contribution in [1.29, 1.82) is 0 Å². The molecule has 6 nitrogen and oxygen atoms in total. The van der Waals surface area contributed by atoms with Crippen LogP contribution in [0.15, 0.2) is 42.6 Å². The van der Waals surface area contributed by atoms with Gasteiger partial charge in [-0.25, -0.2) is 0 Å². The normalized spacial score (nSPS) is 18.2. The van der Waals surface area contributed by atoms with Crippen molar-refractivity contribution in [2.45, 2.75) is 12.5 Å². The maximum atomic E-state index is 12.4. The zero-order chi connectivity index (χ0) is 16.9. The molecule has 0 bridgehead atoms. The van der Waals surface area contributed by atoms with E-state index in [0.29, 0.717) is 19.7 Å². The lowest BCUT2D eigenvalue weighted by atomic mass is 10.1. The van der Waals surface area contributed by atoms with Gasteiger partial charge in [0.2, 0.25) is 5.91 Å². The zero-order valence-corrected chi connectivity index (χ0v) is 13.1. The van der Waals surface area contributed by atoms with Gasteiger partial charge in [-0.2, -0.15) is 0 Å². The molecule has 1 N–H and O–H groups in total. The Hall–Kier alpha value is -2.73. The zero-order valence-electron chi connectivity index (χ0n) is 13.1. The van der Waals surface area contributed by atoms with Crippen molar-refractivity contribution in [1.82, 2.24) is 9.88 Å². The highest BCUT2D eigenvalue weighted by Crippen LogP contribution is 2.17. The van der Waals surface area contributed by atoms with Gasteiger partial charge >= 0.3 is 5.97 Å². The van der Waals surface area contributed by atoms with E-state index >= 15 is 0 Å². The first-order valence-corrected chi connectivity index (χ1v) is 7.77. The highest BCUT2D eigenvalue weighted by atomic mass is 16.5. The first-order valence-electron chi connectivity index (χ1n) is 7.77. The number of fused-ring (bicyclic) bond motifs is 1. The fraction of sp³-hybridized carbons (Fsp3) is 0.278. The first-order chi connectivity index (χ1) is 11.6. The Morgan fingerprint density at radius 1 is 1.33 bits per heavy atom. The van der Waals surface area contributed by atoms with Crippen molar-refractivity contribution in [2.75, 3.05) is 19.7 Å². The average Bonchev–Trinajstić information content (AvgIpc) is 2.59. The molecule has 0 radical (unpaired) electrons. The predicted octanol–water partition coefficient (Wildman–Crippen LogP) is 1.95. The average molecular weight is 326 g/mol. The summed E-state index contributed by atoms with van der Waals surface area (Å²) in [6.45, 7) is 1.11. The van der Waals surface area contributed by atoms with Crippen molar-refractivity contribution in [3.63, 3.8) is 0 Å². The topological polar surface area (TPSA) is 79.7 Å². The van der Waals surface area contributed by atoms with Gasteiger partial charge in [0.1, 0.15) is 0 Å². The second-order valence-electron chi connectivity index (χ2n) is 5.63. The molecule has 1 amide bonds. The van der Waals surface area contributed by atoms with Crippen molar-refractivity contribution >= 4 is 28.9 Å². The summed E-state index contributed by atoms with van der Waals surface area (Å²) >= 11 is 0. The Bertz CT molecular complexity index is 782. The van der Waals surface area contributed by atoms with E-state index in [1.807, 2.05) is 30.3 Å². The Kier molecular flexibility index (Phi) is 4.86. The molecule has 1 aromatic carbocycles. The van der Waals surface area contributed by atoms with Crippen molar-refractivity contribution in [2.24, 2.45) is 0 Å². The molecule has 2 heterocycles. The quantitative estimate of drug-likeness (QED) is 0.869. The molecule has 1 aliphatic heterocycles. The van der Waals surface area contributed by atoms with Gasteiger partial charge in [-0.1, -0.05) is 24.3 Å². The molecule has 0 aliphatic carbocycles. The largest absolute Gasteiger partial charge is 0.481 e. The lowest BCUT2D eigenvalue weighted by Crippen LogP contribution is -2.45. The number of carbonyl (C=O) groups is 2. The molecule has 1 aliphatic rings. The first kappa shape index (κ1) is 16.1. The smallest absolute Gasteiger partial charge is 0.306 e. The van der Waals surface area contributed by atoms with Gasteiger partial charge in [-0.15, -0.1) is 0 Å². The number of amides is 1. The number of aromatic nitrogens is 1. The standard InChI is InChI=1S/C18H18N2O4/c21-16(20-9-10-24-15(12-20)11-17(22)23)7-6-14-4-1-3-13-5-2-8-19-18(13)14/h1-8,15H,9-12H2,(H,22,23)/b7-6+. The van der Waals surface area contributed by atoms with Crippen LogP contribution in [0.2, 0.25) is 0 Å². The number of hydrogen-bond donors (Lipinski definition) is 1. The molecule has 1 saturated heterocycles. The van der Waals surface area contributed by atoms with Crippen LogP contribution in [0, 0.1) is 0 Å². The second kappa shape index (κ2) is 7.23. The fourth-order valence-corrected chi connectivity index (χ4v) is 2.77. The van der Waals surface area contributed by atoms with Crippen LogP contribution in [0.4, 0.5) is 0 Å². The number of para-hydroxylation sites is 1. The Morgan fingerprint density at radius 2 is 2.17 bits per heavy atom. The summed E-state index contributed by atoms with van der Waals surface area (Å²) in [6.07, 6.45) is 4.43. The van der Waals surface area contributed by atoms with Crippen LogP contribution in [0.25, 0.3) is 17.0 Å². The molecular formula is C18H18N2O4. The molecule has 3 rings (SSSR count). The van der Waals surface area contributed by atoms with Crippen LogP contribution >= 0.6 is 0 Å². The van der Waals surface area contributed by atoms with Gasteiger partial charge in [0, 0.05) is 36.3 Å². The Balaban J connectivity index is 1.71. The van der Waals surface area contributed by atoms with Gasteiger partial charge in [-0.05, 0) is 12.1 Å². The van der Waals surface area contributed by atoms with E-state index in [2.05, 4.69) is 4.98 Å². The predicted molar refractivity (Wildman–Crippen MR) is 89.3 cm³/mol. The number of morpholine rings is 1. The number of carbonyl (C=O) groups excluding carboxylic acids is 1. The lowest BCUT2D eigenvalue weighted by Gasteiger charge is -2.31. The number of hydrogen-bond acceptors (Lipinski definition) is 4. The van der Waals surface area contributed by atoms with Crippen LogP contribution in [-0.2, 0) is 14.3 Å². The van der Waals surface area contributed by atoms with Gasteiger partial charge in [0.05, 0.1) is 24.6 Å². The summed E-state index contributed by atoms with van der Waals surface area (Å²) in [6, 6.07) is 9.65. The van der Waals surface area contributed by atoms with Crippen LogP contribution in [0.1, 0.15) is 12.0 Å². The number of pyridine rings is 1. The maximum Gasteiger partial charge on any atom is 0.306 e. The van der Waals surface area contributed by atoms with E-state index in [-0.39, 0.29) is 12.3 Å². The van der Waals surface area contributed by atoms with E-state index in [0.717, 1.165) is 16.5 Å². The summed E-state index contributed by atoms with van der Waals surface area (Å²) in [5, 5.41) is 9.85. The highest BCUT2D eigenvalue weighted by Gasteiger charge is 2.24. The van der Waals surface area contributed by atoms with Crippen molar-refractivity contribution in [3.05, 3.63) is 48.2 Å². The molecule has 1 fully saturated rings. The number of carboxylic acid groups (broad SMARTS) is 1. The molecule has 0 saturated carbocycles. The van der Waals surface area contributed by atoms with E-state index in [9.17, 15) is 9.59 Å². The molecule has 124 valence electrons. The van der Waals surface area contributed by atoms with Gasteiger partial charge in [-0.3, -0.25) is 14.6 Å². The number of ether oxygens (including phenoxy) is 1. The maximum absolute atomic E-state index is 12.4. The minimum Gasteiger partial charge on any atom is -0.481 e. The van der Waals surface area contributed by atoms with Crippen LogP contribution < -0.4 is 0 Å². The Morgan fingerprint density at radius 3 is 3.00 bits per heavy atom. The third-order valence-electron chi connectivity index (χ3n) is 3.92. The third-order valence-corrected chi connectivity index (χ3v) is 3.92. The van der Waals surface area contributed by atoms with Gasteiger partial charge < -0.3 is 14.7 Å². The number of rotatable bonds is 4. The number of nitrogens with zero attached hydrogens (tertiary/aromatic N) is 2. The second-order valence-corrected chi connectivity index (χ2v) is 5.63. The number of aliphatic carboxylic acids is 1. The molecule has 1 unspecified atom stereocenters. The van der Waals surface area contributed by atoms with Crippen LogP contribution in [0.5, 0.6) is 0 Å². The van der Waals surface area contributed by atoms with Crippen LogP contribution in [0.3, 0.4) is 0 Å². The summed E-state index contributed by atoms with van der Waals surface area (Å²) in [5.41, 5.74) is 1.71. The van der Waals surface area contributed by atoms with E-state index in [1.165, 1.54) is 6.08 Å². The van der Waals surface area contributed by atoms with E-state index < -0.39 is 12.1 Å². The summed E-state index contributed by atoms with van der Waals surface area (Å²) < 4.78 is 5.38. The summed E-state index contributed by atoms with van der Waals surface area (Å²) in [5.74, 6) is -1.08. The van der Waals surface area contributed by atoms with Crippen molar-refractivity contribution < 1.29 is 19.4 Å². The van der Waals surface area contributed by atoms with E-state index in [4.69, 9.17) is 9.84 Å². The molecule has 1 atom stereocenters. The molecule has 24 heavy (non-hydrogen) atoms. The molecule has 1 aromatic heterocycles. The molecule has 0 spiro atoms. The SMILES string of the molecule is O=C(O)CC1CN(C(=O)/C=C/c2cccc3cccnc23)CCO1. The highest BCUT2D eigenvalue weighted by molar-refractivity contribution is 5.95. The molecular weight excluding hydrogens is 308 g/mol. The molecule has 2 aromatic rings. The summed E-state index contributed by atoms with van der Waals surface area (Å²) in [4.78, 5) is 29.1. The van der Waals surface area contributed by atoms with Crippen molar-refractivity contribution in [3.8, 4) is 0 Å². The van der Waals surface area contributed by atoms with Gasteiger partial charge in [0.25, 0.3) is 0 Å². The third kappa shape index (κ3) is 3.78. The Labute approximate surface area is 139 Å². The van der Waals surface area contributed by atoms with E-state index in [1.54, 1.807) is 17.2 Å². The minimum atomic E-state index is -0.924. The van der Waals surface area contributed by atoms with Gasteiger partial charge in [0.15, 0.2) is 0 Å². The lowest BCUT2D eigenvalue weighted by molar-refractivity contribution is -0.145. The van der Waals surface area contributed by atoms with Crippen LogP contribution in [-0.4, -0.2) is 52.7 Å². The molecule has 6 heteroatoms. The number of carboxylic acids is 1. The fourth-order valence-electron chi connectivity index (χ4n) is 2.77. The minimum absolute atomic E-state index is 0.0965. The monoisotopic (exact) mass is 326 g/mol. The number of benzene rings is 1. The summed E-state index contributed by atoms with van der Waals surface area (Å²) in [7, 11) is 0.